The zero-order chi connectivity index (χ0) is 18.7. The van der Waals surface area contributed by atoms with Gasteiger partial charge in [-0.1, -0.05) is 42.1 Å². The Morgan fingerprint density at radius 3 is 2.38 bits per heavy atom. The van der Waals surface area contributed by atoms with Gasteiger partial charge in [0.2, 0.25) is 17.7 Å². The Morgan fingerprint density at radius 2 is 1.77 bits per heavy atom. The van der Waals surface area contributed by atoms with Crippen molar-refractivity contribution in [2.75, 3.05) is 13.1 Å². The fourth-order valence-electron chi connectivity index (χ4n) is 3.81. The fourth-order valence-corrected chi connectivity index (χ4v) is 4.32. The number of nitrogens with one attached hydrogen (secondary N) is 1. The lowest BCUT2D eigenvalue weighted by molar-refractivity contribution is -0.140. The number of imide groups is 1. The second-order valence-electron chi connectivity index (χ2n) is 6.91. The van der Waals surface area contributed by atoms with Crippen LogP contribution in [-0.4, -0.2) is 35.7 Å². The van der Waals surface area contributed by atoms with Gasteiger partial charge in [0.05, 0.1) is 11.8 Å². The van der Waals surface area contributed by atoms with Crippen LogP contribution in [0.25, 0.3) is 0 Å². The Labute approximate surface area is 163 Å². The highest BCUT2D eigenvalue weighted by Gasteiger charge is 2.47. The molecule has 1 heterocycles. The molecule has 0 radical (unpaired) electrons. The molecule has 1 aliphatic heterocycles. The average molecular weight is 397 g/mol. The number of likely N-dealkylation sites (tertiary alicyclic amines) is 1. The molecule has 0 bridgehead atoms. The maximum atomic E-state index is 12.4. The van der Waals surface area contributed by atoms with Crippen LogP contribution in [0.4, 0.5) is 0 Å². The molecule has 7 heteroatoms. The number of carbonyl (C=O) groups excluding carboxylic acids is 3. The molecule has 2 atom stereocenters. The van der Waals surface area contributed by atoms with E-state index in [0.29, 0.717) is 23.0 Å². The van der Waals surface area contributed by atoms with Gasteiger partial charge in [-0.3, -0.25) is 19.3 Å². The van der Waals surface area contributed by atoms with Crippen LogP contribution in [0.15, 0.2) is 18.2 Å². The number of amides is 3. The van der Waals surface area contributed by atoms with E-state index >= 15 is 0 Å². The van der Waals surface area contributed by atoms with Crippen LogP contribution in [0.3, 0.4) is 0 Å². The van der Waals surface area contributed by atoms with E-state index in [0.717, 1.165) is 31.2 Å². The lowest BCUT2D eigenvalue weighted by Gasteiger charge is -2.19. The van der Waals surface area contributed by atoms with Crippen LogP contribution in [0.5, 0.6) is 0 Å². The number of fused-ring (bicyclic) bond motifs is 1. The second kappa shape index (κ2) is 8.40. The van der Waals surface area contributed by atoms with E-state index in [-0.39, 0.29) is 42.5 Å². The Balaban J connectivity index is 1.44. The Morgan fingerprint density at radius 1 is 1.12 bits per heavy atom. The van der Waals surface area contributed by atoms with Crippen molar-refractivity contribution in [3.63, 3.8) is 0 Å². The minimum Gasteiger partial charge on any atom is -0.356 e. The molecule has 0 spiro atoms. The summed E-state index contributed by atoms with van der Waals surface area (Å²) in [4.78, 5) is 38.1. The van der Waals surface area contributed by atoms with E-state index in [1.165, 1.54) is 4.90 Å². The maximum absolute atomic E-state index is 12.4. The molecule has 1 saturated carbocycles. The zero-order valence-corrected chi connectivity index (χ0v) is 16.0. The normalized spacial score (nSPS) is 22.5. The lowest BCUT2D eigenvalue weighted by atomic mass is 9.81. The third-order valence-electron chi connectivity index (χ3n) is 5.23. The molecule has 1 aliphatic carbocycles. The van der Waals surface area contributed by atoms with Crippen LogP contribution in [-0.2, 0) is 20.8 Å². The molecule has 5 nitrogen and oxygen atoms in total. The number of benzene rings is 1. The fraction of sp³-hybridized carbons (Fsp3) is 0.526. The van der Waals surface area contributed by atoms with Crippen LogP contribution in [0.1, 0.15) is 37.7 Å². The van der Waals surface area contributed by atoms with Crippen molar-refractivity contribution >= 4 is 40.9 Å². The first-order chi connectivity index (χ1) is 12.5. The van der Waals surface area contributed by atoms with Gasteiger partial charge in [0.25, 0.3) is 0 Å². The largest absolute Gasteiger partial charge is 0.356 e. The summed E-state index contributed by atoms with van der Waals surface area (Å²) >= 11 is 12.0. The first-order valence-electron chi connectivity index (χ1n) is 9.03. The van der Waals surface area contributed by atoms with Gasteiger partial charge in [-0.2, -0.15) is 0 Å². The summed E-state index contributed by atoms with van der Waals surface area (Å²) in [6.07, 6.45) is 4.31. The molecule has 26 heavy (non-hydrogen) atoms. The predicted octanol–water partition coefficient (Wildman–Crippen LogP) is 3.22. The molecule has 1 aromatic rings. The van der Waals surface area contributed by atoms with Gasteiger partial charge in [-0.25, -0.2) is 0 Å². The van der Waals surface area contributed by atoms with Gasteiger partial charge in [-0.05, 0) is 37.0 Å². The standard InChI is InChI=1S/C19H22Cl2N2O3/c20-13-6-5-12(16(21)11-13)7-9-22-17(24)8-10-23-18(25)14-3-1-2-4-15(14)19(23)26/h5-6,11,14-15H,1-4,7-10H2,(H,22,24)/t14-,15+. The van der Waals surface area contributed by atoms with Crippen LogP contribution in [0, 0.1) is 11.8 Å². The zero-order valence-electron chi connectivity index (χ0n) is 14.5. The first kappa shape index (κ1) is 19.2. The number of carbonyl (C=O) groups is 3. The molecular weight excluding hydrogens is 375 g/mol. The molecule has 2 fully saturated rings. The molecule has 1 saturated heterocycles. The number of hydrogen-bond donors (Lipinski definition) is 1. The molecule has 0 aromatic heterocycles. The van der Waals surface area contributed by atoms with Crippen LogP contribution >= 0.6 is 23.2 Å². The molecule has 3 amide bonds. The smallest absolute Gasteiger partial charge is 0.233 e. The number of halogens is 2. The van der Waals surface area contributed by atoms with Crippen molar-refractivity contribution in [1.82, 2.24) is 10.2 Å². The highest BCUT2D eigenvalue weighted by atomic mass is 35.5. The molecule has 3 rings (SSSR count). The lowest BCUT2D eigenvalue weighted by Crippen LogP contribution is -2.35. The minimum absolute atomic E-state index is 0.0968. The van der Waals surface area contributed by atoms with Gasteiger partial charge >= 0.3 is 0 Å². The summed E-state index contributed by atoms with van der Waals surface area (Å²) < 4.78 is 0. The van der Waals surface area contributed by atoms with Crippen LogP contribution < -0.4 is 5.32 Å². The molecule has 2 aliphatic rings. The summed E-state index contributed by atoms with van der Waals surface area (Å²) in [5, 5.41) is 3.95. The van der Waals surface area contributed by atoms with E-state index in [1.807, 2.05) is 6.07 Å². The molecule has 1 N–H and O–H groups in total. The molecular formula is C19H22Cl2N2O3. The summed E-state index contributed by atoms with van der Waals surface area (Å²) in [5.74, 6) is -0.691. The van der Waals surface area contributed by atoms with Crippen molar-refractivity contribution in [2.45, 2.75) is 38.5 Å². The average Bonchev–Trinajstić information content (AvgIpc) is 2.86. The summed E-state index contributed by atoms with van der Waals surface area (Å²) in [7, 11) is 0. The van der Waals surface area contributed by atoms with Crippen molar-refractivity contribution in [1.29, 1.82) is 0 Å². The Hall–Kier alpha value is -1.59. The third kappa shape index (κ3) is 4.21. The summed E-state index contributed by atoms with van der Waals surface area (Å²) in [6.45, 7) is 0.603. The number of rotatable bonds is 6. The van der Waals surface area contributed by atoms with Gasteiger partial charge in [-0.15, -0.1) is 0 Å². The Bertz CT molecular complexity index is 699. The molecule has 140 valence electrons. The van der Waals surface area contributed by atoms with Gasteiger partial charge < -0.3 is 5.32 Å². The summed E-state index contributed by atoms with van der Waals surface area (Å²) in [5.41, 5.74) is 0.908. The van der Waals surface area contributed by atoms with Crippen molar-refractivity contribution in [3.05, 3.63) is 33.8 Å². The van der Waals surface area contributed by atoms with Gasteiger partial charge in [0.15, 0.2) is 0 Å². The van der Waals surface area contributed by atoms with E-state index in [4.69, 9.17) is 23.2 Å². The predicted molar refractivity (Wildman–Crippen MR) is 100.0 cm³/mol. The van der Waals surface area contributed by atoms with Crippen molar-refractivity contribution < 1.29 is 14.4 Å². The van der Waals surface area contributed by atoms with E-state index < -0.39 is 0 Å². The first-order valence-corrected chi connectivity index (χ1v) is 9.79. The molecule has 0 unspecified atom stereocenters. The van der Waals surface area contributed by atoms with Crippen molar-refractivity contribution in [3.8, 4) is 0 Å². The third-order valence-corrected chi connectivity index (χ3v) is 5.81. The molecule has 1 aromatic carbocycles. The quantitative estimate of drug-likeness (QED) is 0.750. The Kier molecular flexibility index (Phi) is 6.20. The highest BCUT2D eigenvalue weighted by Crippen LogP contribution is 2.37. The minimum atomic E-state index is -0.175. The van der Waals surface area contributed by atoms with Gasteiger partial charge in [0.1, 0.15) is 0 Å². The number of nitrogens with zero attached hydrogens (tertiary/aromatic N) is 1. The number of hydrogen-bond acceptors (Lipinski definition) is 3. The van der Waals surface area contributed by atoms with E-state index in [1.54, 1.807) is 12.1 Å². The van der Waals surface area contributed by atoms with Crippen molar-refractivity contribution in [2.24, 2.45) is 11.8 Å². The van der Waals surface area contributed by atoms with E-state index in [2.05, 4.69) is 5.32 Å². The SMILES string of the molecule is O=C(CCN1C(=O)[C@H]2CCCC[C@H]2C1=O)NCCc1ccc(Cl)cc1Cl. The van der Waals surface area contributed by atoms with E-state index in [9.17, 15) is 14.4 Å². The van der Waals surface area contributed by atoms with Crippen LogP contribution in [0.2, 0.25) is 10.0 Å². The topological polar surface area (TPSA) is 66.5 Å². The monoisotopic (exact) mass is 396 g/mol. The highest BCUT2D eigenvalue weighted by molar-refractivity contribution is 6.35. The van der Waals surface area contributed by atoms with Gasteiger partial charge in [0, 0.05) is 29.6 Å². The maximum Gasteiger partial charge on any atom is 0.233 e. The summed E-state index contributed by atoms with van der Waals surface area (Å²) in [6, 6.07) is 5.26. The second-order valence-corrected chi connectivity index (χ2v) is 7.75.